The maximum Gasteiger partial charge on any atom is 0.267 e. The highest BCUT2D eigenvalue weighted by Gasteiger charge is 2.16. The summed E-state index contributed by atoms with van der Waals surface area (Å²) in [4.78, 5) is 12.3. The van der Waals surface area contributed by atoms with E-state index in [-0.39, 0.29) is 11.4 Å². The smallest absolute Gasteiger partial charge is 0.267 e. The number of anilines is 1. The molecule has 1 aromatic carbocycles. The fraction of sp³-hybridized carbons (Fsp3) is 0.0714. The van der Waals surface area contributed by atoms with E-state index in [0.717, 1.165) is 11.3 Å². The Kier molecular flexibility index (Phi) is 4.62. The van der Waals surface area contributed by atoms with Crippen molar-refractivity contribution in [1.29, 1.82) is 0 Å². The van der Waals surface area contributed by atoms with Crippen LogP contribution in [0.15, 0.2) is 23.6 Å². The SMILES string of the molecule is NCC#Cc1ccsc1C(=O)Nc1cc(F)c(F)cc1F. The standard InChI is InChI=1S/C14H9F3N2OS/c15-9-6-11(17)12(7-10(9)16)19-14(20)13-8(2-1-4-18)3-5-21-13/h3,5-7H,4,18H2,(H,19,20). The van der Waals surface area contributed by atoms with E-state index in [0.29, 0.717) is 17.7 Å². The second-order valence-corrected chi connectivity index (χ2v) is 4.79. The third-order valence-corrected chi connectivity index (χ3v) is 3.37. The van der Waals surface area contributed by atoms with Crippen molar-refractivity contribution in [3.05, 3.63) is 51.5 Å². The Balaban J connectivity index is 2.27. The van der Waals surface area contributed by atoms with Crippen molar-refractivity contribution in [2.45, 2.75) is 0 Å². The van der Waals surface area contributed by atoms with Crippen LogP contribution < -0.4 is 11.1 Å². The zero-order valence-electron chi connectivity index (χ0n) is 10.5. The van der Waals surface area contributed by atoms with Gasteiger partial charge in [-0.3, -0.25) is 4.79 Å². The monoisotopic (exact) mass is 310 g/mol. The van der Waals surface area contributed by atoms with Crippen LogP contribution in [-0.2, 0) is 0 Å². The van der Waals surface area contributed by atoms with Crippen LogP contribution in [0, 0.1) is 29.3 Å². The van der Waals surface area contributed by atoms with Gasteiger partial charge < -0.3 is 11.1 Å². The van der Waals surface area contributed by atoms with Gasteiger partial charge in [-0.25, -0.2) is 13.2 Å². The molecule has 1 heterocycles. The van der Waals surface area contributed by atoms with Crippen LogP contribution in [0.2, 0.25) is 0 Å². The van der Waals surface area contributed by atoms with Crippen molar-refractivity contribution in [3.8, 4) is 11.8 Å². The summed E-state index contributed by atoms with van der Waals surface area (Å²) >= 11 is 1.09. The number of carbonyl (C=O) groups is 1. The normalized spacial score (nSPS) is 9.90. The summed E-state index contributed by atoms with van der Waals surface area (Å²) in [5.41, 5.74) is 5.24. The third-order valence-electron chi connectivity index (χ3n) is 2.45. The van der Waals surface area contributed by atoms with Gasteiger partial charge in [-0.15, -0.1) is 11.3 Å². The van der Waals surface area contributed by atoms with Crippen molar-refractivity contribution >= 4 is 22.9 Å². The first kappa shape index (κ1) is 15.1. The van der Waals surface area contributed by atoms with Crippen LogP contribution in [-0.4, -0.2) is 12.5 Å². The minimum absolute atomic E-state index is 0.134. The third kappa shape index (κ3) is 3.42. The van der Waals surface area contributed by atoms with E-state index < -0.39 is 29.0 Å². The number of thiophene rings is 1. The van der Waals surface area contributed by atoms with Crippen molar-refractivity contribution in [2.75, 3.05) is 11.9 Å². The molecule has 3 N–H and O–H groups in total. The number of rotatable bonds is 2. The zero-order chi connectivity index (χ0) is 15.4. The summed E-state index contributed by atoms with van der Waals surface area (Å²) in [6.07, 6.45) is 0. The van der Waals surface area contributed by atoms with Gasteiger partial charge in [0.15, 0.2) is 11.6 Å². The summed E-state index contributed by atoms with van der Waals surface area (Å²) in [5, 5.41) is 3.82. The topological polar surface area (TPSA) is 55.1 Å². The van der Waals surface area contributed by atoms with Crippen molar-refractivity contribution in [1.82, 2.24) is 0 Å². The number of hydrogen-bond donors (Lipinski definition) is 2. The average Bonchev–Trinajstić information content (AvgIpc) is 2.91. The van der Waals surface area contributed by atoms with Gasteiger partial charge in [0.1, 0.15) is 10.7 Å². The molecule has 1 aromatic heterocycles. The quantitative estimate of drug-likeness (QED) is 0.662. The van der Waals surface area contributed by atoms with Gasteiger partial charge in [0.25, 0.3) is 5.91 Å². The average molecular weight is 310 g/mol. The first-order valence-corrected chi connectivity index (χ1v) is 6.63. The highest BCUT2D eigenvalue weighted by molar-refractivity contribution is 7.12. The summed E-state index contributed by atoms with van der Waals surface area (Å²) in [6, 6.07) is 2.57. The number of halogens is 3. The van der Waals surface area contributed by atoms with Gasteiger partial charge in [0.05, 0.1) is 12.2 Å². The van der Waals surface area contributed by atoms with Crippen LogP contribution in [0.3, 0.4) is 0 Å². The molecular weight excluding hydrogens is 301 g/mol. The van der Waals surface area contributed by atoms with Gasteiger partial charge in [0, 0.05) is 17.7 Å². The Morgan fingerprint density at radius 3 is 2.67 bits per heavy atom. The molecule has 0 aliphatic carbocycles. The van der Waals surface area contributed by atoms with Crippen LogP contribution in [0.5, 0.6) is 0 Å². The number of carbonyl (C=O) groups excluding carboxylic acids is 1. The lowest BCUT2D eigenvalue weighted by Gasteiger charge is -2.06. The van der Waals surface area contributed by atoms with E-state index in [1.807, 2.05) is 0 Å². The molecule has 0 saturated carbocycles. The Labute approximate surface area is 122 Å². The van der Waals surface area contributed by atoms with E-state index in [1.54, 1.807) is 11.4 Å². The molecule has 7 heteroatoms. The van der Waals surface area contributed by atoms with E-state index in [9.17, 15) is 18.0 Å². The summed E-state index contributed by atoms with van der Waals surface area (Å²) in [6.45, 7) is 0.134. The number of nitrogens with two attached hydrogens (primary N) is 1. The van der Waals surface area contributed by atoms with Crippen molar-refractivity contribution in [3.63, 3.8) is 0 Å². The Morgan fingerprint density at radius 2 is 1.95 bits per heavy atom. The second kappa shape index (κ2) is 6.43. The van der Waals surface area contributed by atoms with Crippen molar-refractivity contribution < 1.29 is 18.0 Å². The van der Waals surface area contributed by atoms with Gasteiger partial charge in [-0.05, 0) is 11.4 Å². The molecule has 0 fully saturated rings. The fourth-order valence-electron chi connectivity index (χ4n) is 1.53. The molecule has 0 unspecified atom stereocenters. The highest BCUT2D eigenvalue weighted by Crippen LogP contribution is 2.22. The summed E-state index contributed by atoms with van der Waals surface area (Å²) in [7, 11) is 0. The lowest BCUT2D eigenvalue weighted by Crippen LogP contribution is -2.13. The molecule has 2 rings (SSSR count). The van der Waals surface area contributed by atoms with E-state index in [1.165, 1.54) is 0 Å². The molecule has 0 aliphatic heterocycles. The molecule has 1 amide bonds. The summed E-state index contributed by atoms with van der Waals surface area (Å²) in [5.74, 6) is 1.01. The van der Waals surface area contributed by atoms with Gasteiger partial charge in [0.2, 0.25) is 0 Å². The Morgan fingerprint density at radius 1 is 1.24 bits per heavy atom. The lowest BCUT2D eigenvalue weighted by atomic mass is 10.2. The number of amides is 1. The number of nitrogens with one attached hydrogen (secondary N) is 1. The van der Waals surface area contributed by atoms with Crippen LogP contribution in [0.4, 0.5) is 18.9 Å². The van der Waals surface area contributed by atoms with Crippen LogP contribution in [0.25, 0.3) is 0 Å². The maximum absolute atomic E-state index is 13.5. The minimum Gasteiger partial charge on any atom is -0.320 e. The number of hydrogen-bond acceptors (Lipinski definition) is 3. The number of benzene rings is 1. The molecule has 0 saturated heterocycles. The highest BCUT2D eigenvalue weighted by atomic mass is 32.1. The van der Waals surface area contributed by atoms with Gasteiger partial charge in [-0.1, -0.05) is 11.8 Å². The molecule has 2 aromatic rings. The lowest BCUT2D eigenvalue weighted by molar-refractivity contribution is 0.103. The van der Waals surface area contributed by atoms with Gasteiger partial charge in [-0.2, -0.15) is 0 Å². The zero-order valence-corrected chi connectivity index (χ0v) is 11.4. The molecule has 21 heavy (non-hydrogen) atoms. The molecule has 3 nitrogen and oxygen atoms in total. The maximum atomic E-state index is 13.5. The molecule has 0 bridgehead atoms. The summed E-state index contributed by atoms with van der Waals surface area (Å²) < 4.78 is 39.4. The predicted octanol–water partition coefficient (Wildman–Crippen LogP) is 2.73. The van der Waals surface area contributed by atoms with E-state index >= 15 is 0 Å². The fourth-order valence-corrected chi connectivity index (χ4v) is 2.27. The van der Waals surface area contributed by atoms with Crippen molar-refractivity contribution in [2.24, 2.45) is 5.73 Å². The predicted molar refractivity (Wildman–Crippen MR) is 74.5 cm³/mol. The first-order chi connectivity index (χ1) is 10.0. The van der Waals surface area contributed by atoms with E-state index in [4.69, 9.17) is 5.73 Å². The Hall–Kier alpha value is -2.30. The minimum atomic E-state index is -1.32. The second-order valence-electron chi connectivity index (χ2n) is 3.87. The van der Waals surface area contributed by atoms with E-state index in [2.05, 4.69) is 17.2 Å². The van der Waals surface area contributed by atoms with Crippen LogP contribution >= 0.6 is 11.3 Å². The molecule has 0 spiro atoms. The molecule has 0 atom stereocenters. The molecular formula is C14H9F3N2OS. The molecule has 0 aliphatic rings. The first-order valence-electron chi connectivity index (χ1n) is 5.75. The van der Waals surface area contributed by atoms with Crippen LogP contribution in [0.1, 0.15) is 15.2 Å². The largest absolute Gasteiger partial charge is 0.320 e. The Bertz CT molecular complexity index is 746. The molecule has 108 valence electrons. The molecule has 0 radical (unpaired) electrons. The van der Waals surface area contributed by atoms with Gasteiger partial charge >= 0.3 is 0 Å².